The van der Waals surface area contributed by atoms with Crippen LogP contribution in [0.15, 0.2) is 34.8 Å². The van der Waals surface area contributed by atoms with Crippen molar-refractivity contribution in [3.63, 3.8) is 0 Å². The number of aliphatic hydroxyl groups is 2. The second kappa shape index (κ2) is 7.14. The highest BCUT2D eigenvalue weighted by Crippen LogP contribution is 2.53. The monoisotopic (exact) mass is 446 g/mol. The van der Waals surface area contributed by atoms with Crippen molar-refractivity contribution < 1.29 is 38.8 Å². The van der Waals surface area contributed by atoms with Crippen LogP contribution in [0, 0.1) is 17.7 Å². The number of Topliss-reactive ketones (excluding diaryl/α,β-unsaturated/α-hetero) is 2. The number of amides is 1. The van der Waals surface area contributed by atoms with E-state index in [-0.39, 0.29) is 35.3 Å². The van der Waals surface area contributed by atoms with Gasteiger partial charge >= 0.3 is 0 Å². The number of aliphatic hydroxyl groups excluding tert-OH is 1. The molecule has 0 radical (unpaired) electrons. The number of primary amides is 1. The number of rotatable bonds is 3. The minimum Gasteiger partial charge on any atom is -0.508 e. The third-order valence-corrected chi connectivity index (χ3v) is 6.73. The number of likely N-dealkylation sites (N-methyl/N-ethyl adjacent to an activating group) is 1. The zero-order valence-corrected chi connectivity index (χ0v) is 17.7. The molecule has 3 aliphatic rings. The van der Waals surface area contributed by atoms with Crippen molar-refractivity contribution in [2.45, 2.75) is 24.5 Å². The molecule has 1 aromatic carbocycles. The molecular weight excluding hydrogens is 423 g/mol. The van der Waals surface area contributed by atoms with Crippen LogP contribution in [0.3, 0.4) is 0 Å². The number of carbonyl (C=O) groups is 3. The van der Waals surface area contributed by atoms with Gasteiger partial charge in [0.05, 0.1) is 18.7 Å². The molecule has 3 aliphatic carbocycles. The lowest BCUT2D eigenvalue weighted by molar-refractivity contribution is -0.137. The lowest BCUT2D eigenvalue weighted by Gasteiger charge is -2.51. The number of carbonyl (C=O) groups excluding carboxylic acids is 3. The largest absolute Gasteiger partial charge is 0.508 e. The highest BCUT2D eigenvalue weighted by Gasteiger charge is 2.62. The number of aromatic hydroxyl groups is 1. The smallest absolute Gasteiger partial charge is 0.255 e. The molecule has 0 heterocycles. The summed E-state index contributed by atoms with van der Waals surface area (Å²) in [6.45, 7) is 0. The van der Waals surface area contributed by atoms with Crippen LogP contribution in [0.5, 0.6) is 5.75 Å². The van der Waals surface area contributed by atoms with Gasteiger partial charge in [0, 0.05) is 17.1 Å². The molecule has 5 N–H and O–H groups in total. The number of hydrogen-bond donors (Lipinski definition) is 4. The minimum atomic E-state index is -2.40. The number of phenolic OH excluding ortho intramolecular Hbond substituents is 1. The Bertz CT molecular complexity index is 1140. The summed E-state index contributed by atoms with van der Waals surface area (Å²) in [5, 5.41) is 32.9. The SMILES string of the molecule is COC1=C2C(=O)c3c(O)ccc(F)c3C[C@H]2C[C@H]2[C@H](N(C)C)C(=O)C(C(N)=O)=C(O)[C@@]12O. The number of ketones is 2. The summed E-state index contributed by atoms with van der Waals surface area (Å²) < 4.78 is 19.9. The molecule has 32 heavy (non-hydrogen) atoms. The van der Waals surface area contributed by atoms with Gasteiger partial charge in [0.2, 0.25) is 0 Å². The van der Waals surface area contributed by atoms with E-state index in [0.717, 1.165) is 12.1 Å². The van der Waals surface area contributed by atoms with Gasteiger partial charge in [-0.1, -0.05) is 0 Å². The van der Waals surface area contributed by atoms with Crippen LogP contribution in [0.4, 0.5) is 4.39 Å². The lowest BCUT2D eigenvalue weighted by Crippen LogP contribution is -2.63. The van der Waals surface area contributed by atoms with Crippen LogP contribution < -0.4 is 5.73 Å². The fourth-order valence-corrected chi connectivity index (χ4v) is 5.45. The van der Waals surface area contributed by atoms with Gasteiger partial charge in [-0.2, -0.15) is 0 Å². The molecule has 1 aromatic rings. The van der Waals surface area contributed by atoms with E-state index < -0.39 is 63.9 Å². The Hall–Kier alpha value is -3.24. The van der Waals surface area contributed by atoms with E-state index >= 15 is 0 Å². The second-order valence-corrected chi connectivity index (χ2v) is 8.57. The van der Waals surface area contributed by atoms with Crippen LogP contribution in [-0.2, 0) is 20.7 Å². The molecule has 0 saturated carbocycles. The first-order chi connectivity index (χ1) is 15.0. The molecule has 0 bridgehead atoms. The Morgan fingerprint density at radius 1 is 1.28 bits per heavy atom. The van der Waals surface area contributed by atoms with Crippen molar-refractivity contribution in [3.05, 3.63) is 51.7 Å². The van der Waals surface area contributed by atoms with Crippen LogP contribution in [0.25, 0.3) is 0 Å². The van der Waals surface area contributed by atoms with Crippen LogP contribution in [-0.4, -0.2) is 70.5 Å². The van der Waals surface area contributed by atoms with Gasteiger partial charge in [0.15, 0.2) is 17.2 Å². The van der Waals surface area contributed by atoms with E-state index in [1.807, 2.05) is 0 Å². The molecule has 0 aromatic heterocycles. The van der Waals surface area contributed by atoms with E-state index in [0.29, 0.717) is 0 Å². The number of benzene rings is 1. The average Bonchev–Trinajstić information content (AvgIpc) is 2.70. The number of nitrogens with zero attached hydrogens (tertiary/aromatic N) is 1. The van der Waals surface area contributed by atoms with E-state index in [4.69, 9.17) is 10.5 Å². The number of allylic oxidation sites excluding steroid dienone is 1. The van der Waals surface area contributed by atoms with E-state index in [1.54, 1.807) is 14.1 Å². The zero-order chi connectivity index (χ0) is 23.7. The Kier molecular flexibility index (Phi) is 4.90. The predicted octanol–water partition coefficient (Wildman–Crippen LogP) is 0.348. The summed E-state index contributed by atoms with van der Waals surface area (Å²) in [7, 11) is 4.30. The molecule has 0 fully saturated rings. The van der Waals surface area contributed by atoms with Gasteiger partial charge in [0.1, 0.15) is 28.7 Å². The van der Waals surface area contributed by atoms with Gasteiger partial charge in [0.25, 0.3) is 5.91 Å². The zero-order valence-electron chi connectivity index (χ0n) is 17.7. The summed E-state index contributed by atoms with van der Waals surface area (Å²) >= 11 is 0. The maximum atomic E-state index is 14.5. The molecule has 0 aliphatic heterocycles. The molecular formula is C22H23FN2O7. The molecule has 0 saturated heterocycles. The lowest BCUT2D eigenvalue weighted by atomic mass is 9.59. The minimum absolute atomic E-state index is 0.00363. The number of methoxy groups -OCH3 is 1. The Balaban J connectivity index is 2.05. The first-order valence-corrected chi connectivity index (χ1v) is 9.96. The number of halogens is 1. The third kappa shape index (κ3) is 2.66. The molecule has 0 unspecified atom stereocenters. The number of nitrogens with two attached hydrogens (primary N) is 1. The number of ether oxygens (including phenoxy) is 1. The quantitative estimate of drug-likeness (QED) is 0.486. The molecule has 10 heteroatoms. The summed E-state index contributed by atoms with van der Waals surface area (Å²) in [5.74, 6) is -6.86. The van der Waals surface area contributed by atoms with E-state index in [9.17, 15) is 34.1 Å². The Labute approximate surface area is 182 Å². The topological polar surface area (TPSA) is 150 Å². The molecule has 9 nitrogen and oxygen atoms in total. The van der Waals surface area contributed by atoms with E-state index in [1.165, 1.54) is 12.0 Å². The summed E-state index contributed by atoms with van der Waals surface area (Å²) in [6, 6.07) is 1.05. The van der Waals surface area contributed by atoms with Crippen molar-refractivity contribution >= 4 is 17.5 Å². The van der Waals surface area contributed by atoms with Gasteiger partial charge in [-0.05, 0) is 45.0 Å². The number of fused-ring (bicyclic) bond motifs is 3. The van der Waals surface area contributed by atoms with Crippen LogP contribution in [0.1, 0.15) is 22.3 Å². The second-order valence-electron chi connectivity index (χ2n) is 8.57. The van der Waals surface area contributed by atoms with Crippen molar-refractivity contribution in [2.24, 2.45) is 17.6 Å². The maximum Gasteiger partial charge on any atom is 0.255 e. The maximum absolute atomic E-state index is 14.5. The predicted molar refractivity (Wildman–Crippen MR) is 108 cm³/mol. The third-order valence-electron chi connectivity index (χ3n) is 6.73. The summed E-state index contributed by atoms with van der Waals surface area (Å²) in [4.78, 5) is 39.9. The van der Waals surface area contributed by atoms with Gasteiger partial charge < -0.3 is 25.8 Å². The number of hydrogen-bond acceptors (Lipinski definition) is 8. The fraction of sp³-hybridized carbons (Fsp3) is 0.409. The van der Waals surface area contributed by atoms with Crippen molar-refractivity contribution in [1.29, 1.82) is 0 Å². The van der Waals surface area contributed by atoms with Gasteiger partial charge in [-0.15, -0.1) is 0 Å². The molecule has 1 amide bonds. The average molecular weight is 446 g/mol. The van der Waals surface area contributed by atoms with Crippen LogP contribution >= 0.6 is 0 Å². The van der Waals surface area contributed by atoms with Crippen molar-refractivity contribution in [2.75, 3.05) is 21.2 Å². The normalized spacial score (nSPS) is 29.6. The molecule has 170 valence electrons. The Morgan fingerprint density at radius 3 is 2.50 bits per heavy atom. The molecule has 4 rings (SSSR count). The first kappa shape index (κ1) is 22.0. The standard InChI is InChI=1S/C22H23FN2O7/c1-25(2)16-10-7-8-6-9-11(23)4-5-12(26)14(9)17(27)13(8)20(32-3)22(10,31)19(29)15(18(16)28)21(24)30/h4-5,8,10,16,26,29,31H,6-7H2,1-3H3,(H2,24,30)/t8-,10-,16-,22+/m0/s1. The highest BCUT2D eigenvalue weighted by molar-refractivity contribution is 6.22. The van der Waals surface area contributed by atoms with E-state index in [2.05, 4.69) is 0 Å². The van der Waals surface area contributed by atoms with Crippen LogP contribution in [0.2, 0.25) is 0 Å². The number of phenols is 1. The Morgan fingerprint density at radius 2 is 1.94 bits per heavy atom. The first-order valence-electron chi connectivity index (χ1n) is 9.96. The van der Waals surface area contributed by atoms with Crippen molar-refractivity contribution in [3.8, 4) is 5.75 Å². The fourth-order valence-electron chi connectivity index (χ4n) is 5.45. The van der Waals surface area contributed by atoms with Crippen molar-refractivity contribution in [1.82, 2.24) is 4.90 Å². The highest BCUT2D eigenvalue weighted by atomic mass is 19.1. The van der Waals surface area contributed by atoms with Gasteiger partial charge in [-0.3, -0.25) is 19.3 Å². The molecule has 0 spiro atoms. The summed E-state index contributed by atoms with van der Waals surface area (Å²) in [5.41, 5.74) is 1.89. The molecule has 4 atom stereocenters. The summed E-state index contributed by atoms with van der Waals surface area (Å²) in [6.07, 6.45) is 0.0151. The van der Waals surface area contributed by atoms with Gasteiger partial charge in [-0.25, -0.2) is 4.39 Å².